The summed E-state index contributed by atoms with van der Waals surface area (Å²) in [4.78, 5) is 22.2. The van der Waals surface area contributed by atoms with Crippen molar-refractivity contribution in [2.24, 2.45) is 5.10 Å². The van der Waals surface area contributed by atoms with Crippen molar-refractivity contribution >= 4 is 23.5 Å². The van der Waals surface area contributed by atoms with E-state index in [-0.39, 0.29) is 35.9 Å². The number of hydrazone groups is 1. The molecule has 2 aromatic carbocycles. The Kier molecular flexibility index (Phi) is 6.70. The van der Waals surface area contributed by atoms with Gasteiger partial charge in [-0.2, -0.15) is 5.10 Å². The van der Waals surface area contributed by atoms with Crippen LogP contribution in [0.2, 0.25) is 0 Å². The Balaban J connectivity index is 2.00. The number of phenols is 1. The fourth-order valence-electron chi connectivity index (χ4n) is 2.15. The molecule has 1 amide bonds. The SMILES string of the molecule is CCOc1cc([N+](=O)[O-])cc(C=NNC(=O)CNc2ccc(C)cc2)c1O. The molecule has 0 bridgehead atoms. The van der Waals surface area contributed by atoms with Gasteiger partial charge in [-0.3, -0.25) is 14.9 Å². The zero-order chi connectivity index (χ0) is 19.8. The van der Waals surface area contributed by atoms with E-state index in [2.05, 4.69) is 15.8 Å². The number of aromatic hydroxyl groups is 1. The molecule has 0 aliphatic rings. The molecule has 27 heavy (non-hydrogen) atoms. The number of phenolic OH excluding ortho intramolecular Hbond substituents is 1. The van der Waals surface area contributed by atoms with Crippen molar-refractivity contribution in [3.05, 3.63) is 57.6 Å². The summed E-state index contributed by atoms with van der Waals surface area (Å²) in [6, 6.07) is 9.79. The van der Waals surface area contributed by atoms with Crippen LogP contribution in [0.3, 0.4) is 0 Å². The van der Waals surface area contributed by atoms with Crippen molar-refractivity contribution in [1.29, 1.82) is 0 Å². The molecule has 0 unspecified atom stereocenters. The Morgan fingerprint density at radius 1 is 1.33 bits per heavy atom. The average Bonchev–Trinajstić information content (AvgIpc) is 2.64. The molecule has 9 nitrogen and oxygen atoms in total. The topological polar surface area (TPSA) is 126 Å². The number of rotatable bonds is 8. The summed E-state index contributed by atoms with van der Waals surface area (Å²) in [6.45, 7) is 3.87. The molecule has 0 spiro atoms. The molecule has 9 heteroatoms. The number of ether oxygens (including phenoxy) is 1. The van der Waals surface area contributed by atoms with Crippen LogP contribution < -0.4 is 15.5 Å². The highest BCUT2D eigenvalue weighted by molar-refractivity contribution is 5.88. The van der Waals surface area contributed by atoms with E-state index in [1.54, 1.807) is 6.92 Å². The number of anilines is 1. The van der Waals surface area contributed by atoms with Crippen molar-refractivity contribution in [1.82, 2.24) is 5.43 Å². The highest BCUT2D eigenvalue weighted by Gasteiger charge is 2.16. The number of nitro benzene ring substituents is 1. The number of amides is 1. The summed E-state index contributed by atoms with van der Waals surface area (Å²) in [5.74, 6) is -0.736. The lowest BCUT2D eigenvalue weighted by Crippen LogP contribution is -2.25. The minimum atomic E-state index is -0.608. The molecule has 0 fully saturated rings. The van der Waals surface area contributed by atoms with Gasteiger partial charge in [0.15, 0.2) is 11.5 Å². The van der Waals surface area contributed by atoms with Crippen molar-refractivity contribution < 1.29 is 19.6 Å². The van der Waals surface area contributed by atoms with E-state index < -0.39 is 10.8 Å². The Morgan fingerprint density at radius 3 is 2.67 bits per heavy atom. The van der Waals surface area contributed by atoms with Gasteiger partial charge in [-0.1, -0.05) is 17.7 Å². The second-order valence-corrected chi connectivity index (χ2v) is 5.58. The summed E-state index contributed by atoms with van der Waals surface area (Å²) in [6.07, 6.45) is 1.12. The second-order valence-electron chi connectivity index (χ2n) is 5.58. The maximum atomic E-state index is 11.8. The van der Waals surface area contributed by atoms with Crippen LogP contribution in [0, 0.1) is 17.0 Å². The van der Waals surface area contributed by atoms with Crippen molar-refractivity contribution in [2.75, 3.05) is 18.5 Å². The third-order valence-electron chi connectivity index (χ3n) is 3.50. The van der Waals surface area contributed by atoms with Crippen LogP contribution in [0.15, 0.2) is 41.5 Å². The third-order valence-corrected chi connectivity index (χ3v) is 3.50. The van der Waals surface area contributed by atoms with Crippen LogP contribution in [0.25, 0.3) is 0 Å². The van der Waals surface area contributed by atoms with E-state index in [0.29, 0.717) is 0 Å². The van der Waals surface area contributed by atoms with Gasteiger partial charge >= 0.3 is 0 Å². The molecule has 0 saturated carbocycles. The number of nitrogens with zero attached hydrogens (tertiary/aromatic N) is 2. The molecule has 0 heterocycles. The van der Waals surface area contributed by atoms with Crippen LogP contribution in [0.4, 0.5) is 11.4 Å². The Hall–Kier alpha value is -3.62. The quantitative estimate of drug-likeness (QED) is 0.371. The van der Waals surface area contributed by atoms with E-state index in [9.17, 15) is 20.0 Å². The third kappa shape index (κ3) is 5.70. The molecule has 2 rings (SSSR count). The highest BCUT2D eigenvalue weighted by Crippen LogP contribution is 2.33. The molecule has 142 valence electrons. The normalized spacial score (nSPS) is 10.6. The molecule has 0 aliphatic carbocycles. The fraction of sp³-hybridized carbons (Fsp3) is 0.222. The van der Waals surface area contributed by atoms with Crippen LogP contribution in [0.5, 0.6) is 11.5 Å². The number of aryl methyl sites for hydroxylation is 1. The van der Waals surface area contributed by atoms with Gasteiger partial charge in [-0.05, 0) is 26.0 Å². The maximum Gasteiger partial charge on any atom is 0.274 e. The van der Waals surface area contributed by atoms with E-state index in [0.717, 1.165) is 29.6 Å². The predicted molar refractivity (Wildman–Crippen MR) is 101 cm³/mol. The van der Waals surface area contributed by atoms with Crippen LogP contribution in [-0.2, 0) is 4.79 Å². The van der Waals surface area contributed by atoms with Crippen molar-refractivity contribution in [3.63, 3.8) is 0 Å². The minimum Gasteiger partial charge on any atom is -0.504 e. The first kappa shape index (κ1) is 19.7. The number of hydrogen-bond acceptors (Lipinski definition) is 7. The van der Waals surface area contributed by atoms with Crippen LogP contribution in [-0.4, -0.2) is 35.3 Å². The predicted octanol–water partition coefficient (Wildman–Crippen LogP) is 2.57. The second kappa shape index (κ2) is 9.18. The lowest BCUT2D eigenvalue weighted by Gasteiger charge is -2.08. The molecular weight excluding hydrogens is 352 g/mol. The summed E-state index contributed by atoms with van der Waals surface area (Å²) in [5.41, 5.74) is 3.98. The van der Waals surface area contributed by atoms with E-state index in [1.807, 2.05) is 31.2 Å². The van der Waals surface area contributed by atoms with Gasteiger partial charge < -0.3 is 15.2 Å². The van der Waals surface area contributed by atoms with Gasteiger partial charge in [0.2, 0.25) is 0 Å². The molecule has 0 aliphatic heterocycles. The number of benzene rings is 2. The Morgan fingerprint density at radius 2 is 2.04 bits per heavy atom. The molecule has 0 atom stereocenters. The summed E-state index contributed by atoms with van der Waals surface area (Å²) < 4.78 is 5.18. The first-order valence-electron chi connectivity index (χ1n) is 8.17. The zero-order valence-electron chi connectivity index (χ0n) is 14.9. The molecular formula is C18H20N4O5. The van der Waals surface area contributed by atoms with Gasteiger partial charge in [0, 0.05) is 17.3 Å². The van der Waals surface area contributed by atoms with E-state index in [1.165, 1.54) is 0 Å². The molecule has 0 aromatic heterocycles. The van der Waals surface area contributed by atoms with E-state index in [4.69, 9.17) is 4.74 Å². The fourth-order valence-corrected chi connectivity index (χ4v) is 2.15. The van der Waals surface area contributed by atoms with Crippen LogP contribution in [0.1, 0.15) is 18.1 Å². The first-order chi connectivity index (χ1) is 12.9. The smallest absolute Gasteiger partial charge is 0.274 e. The maximum absolute atomic E-state index is 11.8. The van der Waals surface area contributed by atoms with Gasteiger partial charge in [0.1, 0.15) is 0 Å². The monoisotopic (exact) mass is 372 g/mol. The molecule has 0 saturated heterocycles. The minimum absolute atomic E-state index is 0.00842. The number of carbonyl (C=O) groups is 1. The Labute approximate surface area is 155 Å². The summed E-state index contributed by atoms with van der Waals surface area (Å²) in [5, 5.41) is 27.8. The summed E-state index contributed by atoms with van der Waals surface area (Å²) in [7, 11) is 0. The van der Waals surface area contributed by atoms with E-state index >= 15 is 0 Å². The lowest BCUT2D eigenvalue weighted by atomic mass is 10.1. The number of carbonyl (C=O) groups excluding carboxylic acids is 1. The first-order valence-corrected chi connectivity index (χ1v) is 8.17. The average molecular weight is 372 g/mol. The zero-order valence-corrected chi connectivity index (χ0v) is 14.9. The van der Waals surface area contributed by atoms with Gasteiger partial charge in [0.25, 0.3) is 11.6 Å². The van der Waals surface area contributed by atoms with Crippen molar-refractivity contribution in [2.45, 2.75) is 13.8 Å². The molecule has 2 aromatic rings. The van der Waals surface area contributed by atoms with Gasteiger partial charge in [-0.25, -0.2) is 5.43 Å². The standard InChI is InChI=1S/C18H20N4O5/c1-3-27-16-9-15(22(25)26)8-13(18(16)24)10-20-21-17(23)11-19-14-6-4-12(2)5-7-14/h4-10,19,24H,3,11H2,1-2H3,(H,21,23). The number of non-ortho nitro benzene ring substituents is 1. The van der Waals surface area contributed by atoms with Gasteiger partial charge in [0.05, 0.1) is 30.4 Å². The van der Waals surface area contributed by atoms with Gasteiger partial charge in [-0.15, -0.1) is 0 Å². The summed E-state index contributed by atoms with van der Waals surface area (Å²) >= 11 is 0. The van der Waals surface area contributed by atoms with Crippen molar-refractivity contribution in [3.8, 4) is 11.5 Å². The molecule has 0 radical (unpaired) electrons. The number of nitrogens with one attached hydrogen (secondary N) is 2. The largest absolute Gasteiger partial charge is 0.504 e. The number of hydrogen-bond donors (Lipinski definition) is 3. The number of nitro groups is 1. The lowest BCUT2D eigenvalue weighted by molar-refractivity contribution is -0.385. The molecule has 3 N–H and O–H groups in total. The van der Waals surface area contributed by atoms with Crippen LogP contribution >= 0.6 is 0 Å². The highest BCUT2D eigenvalue weighted by atomic mass is 16.6. The Bertz CT molecular complexity index is 850.